The number of rotatable bonds is 9. The number of ether oxygens (including phenoxy) is 1. The van der Waals surface area contributed by atoms with E-state index in [1.165, 1.54) is 10.6 Å². The highest BCUT2D eigenvalue weighted by Gasteiger charge is 2.19. The van der Waals surface area contributed by atoms with Gasteiger partial charge in [0.1, 0.15) is 5.75 Å². The Bertz CT molecular complexity index is 1170. The number of amides is 1. The van der Waals surface area contributed by atoms with E-state index < -0.39 is 10.0 Å². The van der Waals surface area contributed by atoms with Crippen LogP contribution in [0.1, 0.15) is 46.9 Å². The molecular formula is C26H30N2O4S. The van der Waals surface area contributed by atoms with Crippen LogP contribution in [0.3, 0.4) is 0 Å². The van der Waals surface area contributed by atoms with Gasteiger partial charge in [-0.3, -0.25) is 9.10 Å². The normalized spacial score (nSPS) is 12.1. The van der Waals surface area contributed by atoms with Crippen molar-refractivity contribution in [3.63, 3.8) is 0 Å². The Morgan fingerprint density at radius 2 is 1.58 bits per heavy atom. The fraction of sp³-hybridized carbons (Fsp3) is 0.269. The van der Waals surface area contributed by atoms with Crippen LogP contribution in [0.25, 0.3) is 0 Å². The van der Waals surface area contributed by atoms with Gasteiger partial charge in [-0.25, -0.2) is 8.42 Å². The summed E-state index contributed by atoms with van der Waals surface area (Å²) in [7, 11) is -3.50. The van der Waals surface area contributed by atoms with Crippen molar-refractivity contribution >= 4 is 21.6 Å². The molecule has 7 heteroatoms. The monoisotopic (exact) mass is 466 g/mol. The molecule has 0 heterocycles. The largest absolute Gasteiger partial charge is 0.494 e. The maximum absolute atomic E-state index is 12.7. The Hall–Kier alpha value is -3.32. The summed E-state index contributed by atoms with van der Waals surface area (Å²) in [4.78, 5) is 12.7. The van der Waals surface area contributed by atoms with Gasteiger partial charge in [0.05, 0.1) is 31.1 Å². The topological polar surface area (TPSA) is 75.7 Å². The van der Waals surface area contributed by atoms with Crippen molar-refractivity contribution in [2.24, 2.45) is 0 Å². The third kappa shape index (κ3) is 6.58. The molecule has 33 heavy (non-hydrogen) atoms. The minimum Gasteiger partial charge on any atom is -0.494 e. The summed E-state index contributed by atoms with van der Waals surface area (Å²) in [5, 5.41) is 2.98. The number of benzene rings is 3. The van der Waals surface area contributed by atoms with Crippen LogP contribution in [0.4, 0.5) is 5.69 Å². The summed E-state index contributed by atoms with van der Waals surface area (Å²) in [5.74, 6) is 0.559. The summed E-state index contributed by atoms with van der Waals surface area (Å²) in [6.45, 7) is 6.65. The fourth-order valence-electron chi connectivity index (χ4n) is 3.42. The molecule has 0 aliphatic carbocycles. The standard InChI is InChI=1S/C26H30N2O4S/c1-5-32-25-16-12-22(13-17-25)20(3)27-26(29)23-10-14-24(15-11-23)28(33(4,30)31)18-21-8-6-19(2)7-9-21/h6-17,20H,5,18H2,1-4H3,(H,27,29). The minimum atomic E-state index is -3.50. The summed E-state index contributed by atoms with van der Waals surface area (Å²) in [6, 6.07) is 21.8. The average Bonchev–Trinajstić information content (AvgIpc) is 2.78. The van der Waals surface area contributed by atoms with E-state index in [4.69, 9.17) is 4.74 Å². The molecule has 0 radical (unpaired) electrons. The van der Waals surface area contributed by atoms with Crippen molar-refractivity contribution in [1.29, 1.82) is 0 Å². The molecule has 0 saturated heterocycles. The number of anilines is 1. The van der Waals surface area contributed by atoms with Gasteiger partial charge in [0.25, 0.3) is 5.91 Å². The number of sulfonamides is 1. The number of carbonyl (C=O) groups excluding carboxylic acids is 1. The molecule has 6 nitrogen and oxygen atoms in total. The number of carbonyl (C=O) groups is 1. The quantitative estimate of drug-likeness (QED) is 0.489. The molecule has 0 aliphatic heterocycles. The fourth-order valence-corrected chi connectivity index (χ4v) is 4.31. The van der Waals surface area contributed by atoms with Crippen molar-refractivity contribution in [3.05, 3.63) is 95.1 Å². The van der Waals surface area contributed by atoms with E-state index in [0.29, 0.717) is 17.9 Å². The minimum absolute atomic E-state index is 0.193. The van der Waals surface area contributed by atoms with Crippen LogP contribution >= 0.6 is 0 Å². The second-order valence-corrected chi connectivity index (χ2v) is 9.91. The zero-order valence-corrected chi connectivity index (χ0v) is 20.2. The molecule has 0 fully saturated rings. The molecule has 3 rings (SSSR count). The molecule has 3 aromatic carbocycles. The van der Waals surface area contributed by atoms with Crippen LogP contribution in [-0.2, 0) is 16.6 Å². The Balaban J connectivity index is 1.71. The molecule has 1 amide bonds. The number of hydrogen-bond donors (Lipinski definition) is 1. The van der Waals surface area contributed by atoms with Crippen LogP contribution in [0.2, 0.25) is 0 Å². The van der Waals surface area contributed by atoms with Crippen molar-refractivity contribution in [3.8, 4) is 5.75 Å². The Kier molecular flexibility index (Phi) is 7.76. The van der Waals surface area contributed by atoms with Crippen molar-refractivity contribution in [1.82, 2.24) is 5.32 Å². The molecule has 0 saturated carbocycles. The zero-order chi connectivity index (χ0) is 24.0. The van der Waals surface area contributed by atoms with E-state index in [-0.39, 0.29) is 18.5 Å². The lowest BCUT2D eigenvalue weighted by Crippen LogP contribution is -2.29. The molecule has 1 unspecified atom stereocenters. The molecular weight excluding hydrogens is 436 g/mol. The number of aryl methyl sites for hydroxylation is 1. The van der Waals surface area contributed by atoms with Crippen LogP contribution in [0, 0.1) is 6.92 Å². The van der Waals surface area contributed by atoms with Gasteiger partial charge in [0.15, 0.2) is 0 Å². The molecule has 0 aromatic heterocycles. The Labute approximate surface area is 196 Å². The van der Waals surface area contributed by atoms with Gasteiger partial charge in [-0.15, -0.1) is 0 Å². The van der Waals surface area contributed by atoms with E-state index in [1.807, 2.05) is 69.3 Å². The Morgan fingerprint density at radius 3 is 2.12 bits per heavy atom. The molecule has 0 spiro atoms. The molecule has 1 atom stereocenters. The van der Waals surface area contributed by atoms with E-state index in [1.54, 1.807) is 24.3 Å². The molecule has 0 aliphatic rings. The van der Waals surface area contributed by atoms with Gasteiger partial charge in [0, 0.05) is 5.56 Å². The maximum atomic E-state index is 12.7. The predicted octanol–water partition coefficient (Wildman–Crippen LogP) is 4.85. The lowest BCUT2D eigenvalue weighted by molar-refractivity contribution is 0.0940. The van der Waals surface area contributed by atoms with Crippen LogP contribution in [0.5, 0.6) is 5.75 Å². The summed E-state index contributed by atoms with van der Waals surface area (Å²) in [6.07, 6.45) is 1.18. The lowest BCUT2D eigenvalue weighted by atomic mass is 10.1. The van der Waals surface area contributed by atoms with Crippen molar-refractivity contribution < 1.29 is 17.9 Å². The summed E-state index contributed by atoms with van der Waals surface area (Å²) < 4.78 is 31.6. The predicted molar refractivity (Wildman–Crippen MR) is 132 cm³/mol. The van der Waals surface area contributed by atoms with Crippen LogP contribution in [-0.4, -0.2) is 27.2 Å². The lowest BCUT2D eigenvalue weighted by Gasteiger charge is -2.23. The first kappa shape index (κ1) is 24.3. The Morgan fingerprint density at radius 1 is 0.970 bits per heavy atom. The van der Waals surface area contributed by atoms with Gasteiger partial charge in [0.2, 0.25) is 10.0 Å². The SMILES string of the molecule is CCOc1ccc(C(C)NC(=O)c2ccc(N(Cc3ccc(C)cc3)S(C)(=O)=O)cc2)cc1. The smallest absolute Gasteiger partial charge is 0.251 e. The molecule has 1 N–H and O–H groups in total. The van der Waals surface area contributed by atoms with Crippen molar-refractivity contribution in [2.45, 2.75) is 33.4 Å². The molecule has 174 valence electrons. The summed E-state index contributed by atoms with van der Waals surface area (Å²) >= 11 is 0. The van der Waals surface area contributed by atoms with Gasteiger partial charge in [-0.1, -0.05) is 42.0 Å². The van der Waals surface area contributed by atoms with Crippen LogP contribution in [0.15, 0.2) is 72.8 Å². The van der Waals surface area contributed by atoms with Crippen LogP contribution < -0.4 is 14.4 Å². The van der Waals surface area contributed by atoms with Crippen molar-refractivity contribution in [2.75, 3.05) is 17.2 Å². The highest BCUT2D eigenvalue weighted by Crippen LogP contribution is 2.22. The van der Waals surface area contributed by atoms with E-state index in [0.717, 1.165) is 22.4 Å². The van der Waals surface area contributed by atoms with E-state index in [2.05, 4.69) is 5.32 Å². The van der Waals surface area contributed by atoms with Gasteiger partial charge >= 0.3 is 0 Å². The van der Waals surface area contributed by atoms with Gasteiger partial charge in [-0.05, 0) is 68.3 Å². The highest BCUT2D eigenvalue weighted by molar-refractivity contribution is 7.92. The van der Waals surface area contributed by atoms with Gasteiger partial charge in [-0.2, -0.15) is 0 Å². The summed E-state index contributed by atoms with van der Waals surface area (Å²) in [5.41, 5.74) is 3.93. The second-order valence-electron chi connectivity index (χ2n) is 8.00. The first-order valence-corrected chi connectivity index (χ1v) is 12.7. The second kappa shape index (κ2) is 10.5. The van der Waals surface area contributed by atoms with E-state index in [9.17, 15) is 13.2 Å². The first-order valence-electron chi connectivity index (χ1n) is 10.8. The first-order chi connectivity index (χ1) is 15.7. The third-order valence-corrected chi connectivity index (χ3v) is 6.44. The number of hydrogen-bond acceptors (Lipinski definition) is 4. The molecule has 0 bridgehead atoms. The maximum Gasteiger partial charge on any atom is 0.251 e. The number of nitrogens with zero attached hydrogens (tertiary/aromatic N) is 1. The third-order valence-electron chi connectivity index (χ3n) is 5.30. The highest BCUT2D eigenvalue weighted by atomic mass is 32.2. The average molecular weight is 467 g/mol. The zero-order valence-electron chi connectivity index (χ0n) is 19.4. The van der Waals surface area contributed by atoms with E-state index >= 15 is 0 Å². The number of nitrogens with one attached hydrogen (secondary N) is 1. The van der Waals surface area contributed by atoms with Gasteiger partial charge < -0.3 is 10.1 Å². The molecule has 3 aromatic rings.